The molecule has 0 N–H and O–H groups in total. The fraction of sp³-hybridized carbons (Fsp3) is 0.0435. The number of rotatable bonds is 1. The quantitative estimate of drug-likeness (QED) is 0.351. The zero-order valence-electron chi connectivity index (χ0n) is 12.8. The van der Waals surface area contributed by atoms with Crippen LogP contribution in [0.1, 0.15) is 11.1 Å². The van der Waals surface area contributed by atoms with Crippen molar-refractivity contribution in [2.24, 2.45) is 0 Å². The maximum absolute atomic E-state index is 2.30. The molecule has 0 bridgehead atoms. The van der Waals surface area contributed by atoms with E-state index in [1.807, 2.05) is 0 Å². The number of hydrogen-bond acceptors (Lipinski definition) is 0. The Morgan fingerprint density at radius 1 is 0.478 bits per heavy atom. The fourth-order valence-electron chi connectivity index (χ4n) is 3.87. The summed E-state index contributed by atoms with van der Waals surface area (Å²) >= 11 is 0. The predicted octanol–water partition coefficient (Wildman–Crippen LogP) is 6.08. The van der Waals surface area contributed by atoms with Crippen LogP contribution in [-0.4, -0.2) is 0 Å². The van der Waals surface area contributed by atoms with Crippen molar-refractivity contribution in [1.29, 1.82) is 0 Å². The zero-order chi connectivity index (χ0) is 15.2. The second kappa shape index (κ2) is 4.82. The fourth-order valence-corrected chi connectivity index (χ4v) is 3.87. The molecule has 0 atom stereocenters. The van der Waals surface area contributed by atoms with Gasteiger partial charge in [-0.05, 0) is 50.6 Å². The van der Waals surface area contributed by atoms with Crippen LogP contribution in [0, 0.1) is 0 Å². The molecule has 0 saturated heterocycles. The highest BCUT2D eigenvalue weighted by Crippen LogP contribution is 2.42. The Bertz CT molecular complexity index is 1030. The zero-order valence-corrected chi connectivity index (χ0v) is 12.8. The van der Waals surface area contributed by atoms with Crippen LogP contribution >= 0.6 is 0 Å². The Kier molecular flexibility index (Phi) is 2.65. The van der Waals surface area contributed by atoms with E-state index >= 15 is 0 Å². The molecule has 4 aromatic rings. The van der Waals surface area contributed by atoms with Crippen LogP contribution in [0.2, 0.25) is 0 Å². The first-order chi connectivity index (χ1) is 11.4. The molecule has 0 fully saturated rings. The van der Waals surface area contributed by atoms with Crippen LogP contribution in [0.25, 0.3) is 33.0 Å². The molecule has 4 aromatic carbocycles. The number of benzene rings is 4. The summed E-state index contributed by atoms with van der Waals surface area (Å²) in [5.41, 5.74) is 8.24. The Morgan fingerprint density at radius 2 is 1.22 bits per heavy atom. The molecule has 0 unspecified atom stereocenters. The molecule has 108 valence electrons. The third-order valence-corrected chi connectivity index (χ3v) is 4.90. The van der Waals surface area contributed by atoms with Gasteiger partial charge in [0.15, 0.2) is 0 Å². The number of fused-ring (bicyclic) bond motifs is 2. The minimum atomic E-state index is 1.03. The van der Waals surface area contributed by atoms with E-state index in [0.717, 1.165) is 6.42 Å². The van der Waals surface area contributed by atoms with Gasteiger partial charge in [0.1, 0.15) is 0 Å². The van der Waals surface area contributed by atoms with Gasteiger partial charge in [0.25, 0.3) is 0 Å². The summed E-state index contributed by atoms with van der Waals surface area (Å²) in [5, 5.41) is 2.79. The van der Waals surface area contributed by atoms with Gasteiger partial charge < -0.3 is 0 Å². The lowest BCUT2D eigenvalue weighted by Crippen LogP contribution is -2.01. The Labute approximate surface area is 136 Å². The minimum absolute atomic E-state index is 1.03. The van der Waals surface area contributed by atoms with Gasteiger partial charge in [-0.15, -0.1) is 0 Å². The van der Waals surface area contributed by atoms with Crippen LogP contribution in [0.5, 0.6) is 0 Å². The Hall–Kier alpha value is -2.86. The van der Waals surface area contributed by atoms with E-state index in [1.54, 1.807) is 0 Å². The minimum Gasteiger partial charge on any atom is -0.0622 e. The van der Waals surface area contributed by atoms with E-state index in [4.69, 9.17) is 0 Å². The molecule has 0 aliphatic heterocycles. The summed E-state index contributed by atoms with van der Waals surface area (Å²) in [6.07, 6.45) is 1.03. The summed E-state index contributed by atoms with van der Waals surface area (Å²) in [5.74, 6) is 0. The average molecular weight is 292 g/mol. The van der Waals surface area contributed by atoms with Crippen LogP contribution in [-0.2, 0) is 6.42 Å². The lowest BCUT2D eigenvalue weighted by atomic mass is 9.82. The Balaban J connectivity index is 1.89. The maximum Gasteiger partial charge on any atom is -0.00132 e. The summed E-state index contributed by atoms with van der Waals surface area (Å²) in [6, 6.07) is 30.8. The van der Waals surface area contributed by atoms with Gasteiger partial charge >= 0.3 is 0 Å². The van der Waals surface area contributed by atoms with E-state index < -0.39 is 0 Å². The molecule has 1 aliphatic rings. The monoisotopic (exact) mass is 292 g/mol. The summed E-state index contributed by atoms with van der Waals surface area (Å²) < 4.78 is 0. The van der Waals surface area contributed by atoms with Crippen molar-refractivity contribution in [2.75, 3.05) is 0 Å². The van der Waals surface area contributed by atoms with Crippen molar-refractivity contribution >= 4 is 10.8 Å². The van der Waals surface area contributed by atoms with Crippen molar-refractivity contribution in [3.05, 3.63) is 96.1 Å². The predicted molar refractivity (Wildman–Crippen MR) is 97.6 cm³/mol. The highest BCUT2D eigenvalue weighted by molar-refractivity contribution is 6.08. The van der Waals surface area contributed by atoms with Crippen molar-refractivity contribution in [3.8, 4) is 22.3 Å². The van der Waals surface area contributed by atoms with Gasteiger partial charge in [-0.1, -0.05) is 84.9 Å². The van der Waals surface area contributed by atoms with E-state index in [9.17, 15) is 0 Å². The molecule has 0 heterocycles. The lowest BCUT2D eigenvalue weighted by Gasteiger charge is -2.22. The second-order valence-corrected chi connectivity index (χ2v) is 6.20. The van der Waals surface area contributed by atoms with Gasteiger partial charge in [-0.25, -0.2) is 0 Å². The average Bonchev–Trinajstić information content (AvgIpc) is 2.63. The molecule has 0 saturated carbocycles. The normalized spacial score (nSPS) is 12.2. The first-order valence-electron chi connectivity index (χ1n) is 8.10. The van der Waals surface area contributed by atoms with Crippen LogP contribution < -0.4 is 0 Å². The molecular weight excluding hydrogens is 276 g/mol. The molecule has 0 spiro atoms. The highest BCUT2D eigenvalue weighted by atomic mass is 14.2. The third-order valence-electron chi connectivity index (χ3n) is 4.90. The topological polar surface area (TPSA) is 0 Å². The SMILES string of the molecule is c1ccc(-c2ccc3c4c(cccc24)Cc2ccccc2-3)cc1. The molecule has 5 rings (SSSR count). The maximum atomic E-state index is 2.30. The van der Waals surface area contributed by atoms with Crippen molar-refractivity contribution in [1.82, 2.24) is 0 Å². The lowest BCUT2D eigenvalue weighted by molar-refractivity contribution is 1.20. The van der Waals surface area contributed by atoms with Gasteiger partial charge in [0.05, 0.1) is 0 Å². The first kappa shape index (κ1) is 12.7. The first-order valence-corrected chi connectivity index (χ1v) is 8.10. The molecule has 0 nitrogen and oxygen atoms in total. The molecule has 0 aromatic heterocycles. The van der Waals surface area contributed by atoms with Crippen LogP contribution in [0.3, 0.4) is 0 Å². The van der Waals surface area contributed by atoms with Crippen LogP contribution in [0.15, 0.2) is 84.9 Å². The van der Waals surface area contributed by atoms with Crippen molar-refractivity contribution < 1.29 is 0 Å². The largest absolute Gasteiger partial charge is 0.0622 e. The molecular formula is C23H16. The van der Waals surface area contributed by atoms with Crippen molar-refractivity contribution in [3.63, 3.8) is 0 Å². The van der Waals surface area contributed by atoms with Crippen molar-refractivity contribution in [2.45, 2.75) is 6.42 Å². The smallest absolute Gasteiger partial charge is 0.00132 e. The summed E-state index contributed by atoms with van der Waals surface area (Å²) in [7, 11) is 0. The van der Waals surface area contributed by atoms with E-state index in [0.29, 0.717) is 0 Å². The van der Waals surface area contributed by atoms with E-state index in [2.05, 4.69) is 84.9 Å². The molecule has 1 aliphatic carbocycles. The van der Waals surface area contributed by atoms with E-state index in [-0.39, 0.29) is 0 Å². The van der Waals surface area contributed by atoms with Gasteiger partial charge in [0.2, 0.25) is 0 Å². The van der Waals surface area contributed by atoms with E-state index in [1.165, 1.54) is 44.2 Å². The standard InChI is InChI=1S/C23H16/c1-2-7-16(8-3-1)20-13-14-22-19-11-5-4-9-17(19)15-18-10-6-12-21(20)23(18)22/h1-14H,15H2. The van der Waals surface area contributed by atoms with Crippen LogP contribution in [0.4, 0.5) is 0 Å². The third kappa shape index (κ3) is 1.85. The summed E-state index contributed by atoms with van der Waals surface area (Å²) in [6.45, 7) is 0. The highest BCUT2D eigenvalue weighted by Gasteiger charge is 2.19. The van der Waals surface area contributed by atoms with Gasteiger partial charge in [-0.3, -0.25) is 0 Å². The van der Waals surface area contributed by atoms with Gasteiger partial charge in [-0.2, -0.15) is 0 Å². The molecule has 0 amide bonds. The second-order valence-electron chi connectivity index (χ2n) is 6.20. The molecule has 23 heavy (non-hydrogen) atoms. The molecule has 0 radical (unpaired) electrons. The van der Waals surface area contributed by atoms with Gasteiger partial charge in [0, 0.05) is 0 Å². The number of hydrogen-bond donors (Lipinski definition) is 0. The summed E-state index contributed by atoms with van der Waals surface area (Å²) in [4.78, 5) is 0. The molecule has 0 heteroatoms. The Morgan fingerprint density at radius 3 is 2.13 bits per heavy atom.